The smallest absolute Gasteiger partial charge is 0.0975 e. The molecule has 0 aliphatic heterocycles. The molecule has 1 atom stereocenters. The molecule has 4 heteroatoms. The predicted molar refractivity (Wildman–Crippen MR) is 83.8 cm³/mol. The Morgan fingerprint density at radius 2 is 2.32 bits per heavy atom. The first-order valence-corrected chi connectivity index (χ1v) is 8.30. The molecular formula is C15H17BrN2S. The van der Waals surface area contributed by atoms with Crippen LogP contribution in [0, 0.1) is 0 Å². The van der Waals surface area contributed by atoms with Crippen molar-refractivity contribution in [1.29, 1.82) is 0 Å². The molecule has 2 N–H and O–H groups in total. The summed E-state index contributed by atoms with van der Waals surface area (Å²) in [5, 5.41) is 1.23. The zero-order valence-corrected chi connectivity index (χ0v) is 13.1. The SMILES string of the molecule is NCC1CCCc2sc(Cc3cccc(Br)c3)nc21. The Bertz CT molecular complexity index is 579. The third kappa shape index (κ3) is 2.91. The standard InChI is InChI=1S/C15H17BrN2S/c16-12-5-1-3-10(7-12)8-14-18-15-11(9-17)4-2-6-13(15)19-14/h1,3,5,7,11H,2,4,6,8-9,17H2. The van der Waals surface area contributed by atoms with Gasteiger partial charge in [-0.25, -0.2) is 4.98 Å². The zero-order chi connectivity index (χ0) is 13.2. The minimum absolute atomic E-state index is 0.483. The van der Waals surface area contributed by atoms with Gasteiger partial charge < -0.3 is 5.73 Å². The van der Waals surface area contributed by atoms with Crippen LogP contribution in [0.3, 0.4) is 0 Å². The molecular weight excluding hydrogens is 320 g/mol. The molecule has 0 fully saturated rings. The van der Waals surface area contributed by atoms with Gasteiger partial charge in [0.1, 0.15) is 0 Å². The van der Waals surface area contributed by atoms with E-state index in [1.807, 2.05) is 11.3 Å². The molecule has 100 valence electrons. The highest BCUT2D eigenvalue weighted by molar-refractivity contribution is 9.10. The molecule has 1 aliphatic carbocycles. The molecule has 0 radical (unpaired) electrons. The Balaban J connectivity index is 1.85. The van der Waals surface area contributed by atoms with Crippen LogP contribution in [0.15, 0.2) is 28.7 Å². The van der Waals surface area contributed by atoms with Crippen LogP contribution in [-0.2, 0) is 12.8 Å². The fourth-order valence-corrected chi connectivity index (χ4v) is 4.36. The number of hydrogen-bond acceptors (Lipinski definition) is 3. The molecule has 0 saturated heterocycles. The van der Waals surface area contributed by atoms with E-state index in [1.54, 1.807) is 0 Å². The Hall–Kier alpha value is -0.710. The van der Waals surface area contributed by atoms with Gasteiger partial charge in [-0.15, -0.1) is 11.3 Å². The van der Waals surface area contributed by atoms with Crippen LogP contribution in [-0.4, -0.2) is 11.5 Å². The number of thiazole rings is 1. The van der Waals surface area contributed by atoms with Crippen molar-refractivity contribution in [2.45, 2.75) is 31.6 Å². The van der Waals surface area contributed by atoms with Crippen LogP contribution in [0.25, 0.3) is 0 Å². The van der Waals surface area contributed by atoms with Crippen molar-refractivity contribution in [2.24, 2.45) is 5.73 Å². The lowest BCUT2D eigenvalue weighted by molar-refractivity contribution is 0.553. The molecule has 19 heavy (non-hydrogen) atoms. The molecule has 3 rings (SSSR count). The Kier molecular flexibility index (Phi) is 4.01. The molecule has 0 bridgehead atoms. The minimum atomic E-state index is 0.483. The van der Waals surface area contributed by atoms with Gasteiger partial charge in [-0.3, -0.25) is 0 Å². The van der Waals surface area contributed by atoms with Gasteiger partial charge >= 0.3 is 0 Å². The number of benzene rings is 1. The molecule has 0 saturated carbocycles. The second kappa shape index (κ2) is 5.73. The van der Waals surface area contributed by atoms with E-state index < -0.39 is 0 Å². The summed E-state index contributed by atoms with van der Waals surface area (Å²) < 4.78 is 1.13. The molecule has 0 spiro atoms. The summed E-state index contributed by atoms with van der Waals surface area (Å²) >= 11 is 5.39. The second-order valence-corrected chi connectivity index (χ2v) is 7.13. The van der Waals surface area contributed by atoms with Crippen molar-refractivity contribution in [3.05, 3.63) is 49.9 Å². The normalized spacial score (nSPS) is 18.3. The lowest BCUT2D eigenvalue weighted by atomic mass is 9.91. The van der Waals surface area contributed by atoms with Crippen LogP contribution in [0.4, 0.5) is 0 Å². The summed E-state index contributed by atoms with van der Waals surface area (Å²) in [6, 6.07) is 8.46. The lowest BCUT2D eigenvalue weighted by Crippen LogP contribution is -2.17. The quantitative estimate of drug-likeness (QED) is 0.923. The van der Waals surface area contributed by atoms with E-state index in [0.29, 0.717) is 5.92 Å². The van der Waals surface area contributed by atoms with Gasteiger partial charge in [-0.2, -0.15) is 0 Å². The highest BCUT2D eigenvalue weighted by Crippen LogP contribution is 2.34. The summed E-state index contributed by atoms with van der Waals surface area (Å²) in [5.41, 5.74) is 8.45. The van der Waals surface area contributed by atoms with Crippen molar-refractivity contribution < 1.29 is 0 Å². The molecule has 2 aromatic rings. The predicted octanol–water partition coefficient (Wildman–Crippen LogP) is 3.88. The molecule has 1 heterocycles. The average Bonchev–Trinajstić information content (AvgIpc) is 2.80. The summed E-state index contributed by atoms with van der Waals surface area (Å²) in [6.07, 6.45) is 4.56. The fraction of sp³-hybridized carbons (Fsp3) is 0.400. The molecule has 1 unspecified atom stereocenters. The van der Waals surface area contributed by atoms with Gasteiger partial charge in [0.25, 0.3) is 0 Å². The van der Waals surface area contributed by atoms with Crippen LogP contribution < -0.4 is 5.73 Å². The number of nitrogens with two attached hydrogens (primary N) is 1. The maximum absolute atomic E-state index is 5.86. The lowest BCUT2D eigenvalue weighted by Gasteiger charge is -2.18. The Morgan fingerprint density at radius 3 is 3.11 bits per heavy atom. The first-order chi connectivity index (χ1) is 9.26. The fourth-order valence-electron chi connectivity index (χ4n) is 2.68. The van der Waals surface area contributed by atoms with E-state index in [2.05, 4.69) is 40.2 Å². The highest BCUT2D eigenvalue weighted by atomic mass is 79.9. The number of aryl methyl sites for hydroxylation is 1. The topological polar surface area (TPSA) is 38.9 Å². The van der Waals surface area contributed by atoms with Crippen LogP contribution >= 0.6 is 27.3 Å². The molecule has 0 amide bonds. The maximum atomic E-state index is 5.86. The van der Waals surface area contributed by atoms with Crippen LogP contribution in [0.5, 0.6) is 0 Å². The third-order valence-electron chi connectivity index (χ3n) is 3.64. The minimum Gasteiger partial charge on any atom is -0.330 e. The van der Waals surface area contributed by atoms with E-state index in [1.165, 1.54) is 40.4 Å². The average molecular weight is 337 g/mol. The van der Waals surface area contributed by atoms with Gasteiger partial charge in [0, 0.05) is 28.2 Å². The number of hydrogen-bond donors (Lipinski definition) is 1. The van der Waals surface area contributed by atoms with E-state index in [4.69, 9.17) is 10.7 Å². The maximum Gasteiger partial charge on any atom is 0.0975 e. The number of aromatic nitrogens is 1. The van der Waals surface area contributed by atoms with Gasteiger partial charge in [0.05, 0.1) is 10.7 Å². The van der Waals surface area contributed by atoms with Crippen molar-refractivity contribution in [1.82, 2.24) is 4.98 Å². The number of fused-ring (bicyclic) bond motifs is 1. The summed E-state index contributed by atoms with van der Waals surface area (Å²) in [6.45, 7) is 0.729. The number of halogens is 1. The van der Waals surface area contributed by atoms with Crippen LogP contribution in [0.2, 0.25) is 0 Å². The van der Waals surface area contributed by atoms with Gasteiger partial charge in [-0.05, 0) is 37.0 Å². The molecule has 1 aliphatic rings. The monoisotopic (exact) mass is 336 g/mol. The van der Waals surface area contributed by atoms with Crippen molar-refractivity contribution in [3.63, 3.8) is 0 Å². The molecule has 2 nitrogen and oxygen atoms in total. The van der Waals surface area contributed by atoms with Gasteiger partial charge in [-0.1, -0.05) is 28.1 Å². The van der Waals surface area contributed by atoms with Crippen molar-refractivity contribution in [2.75, 3.05) is 6.54 Å². The molecule has 1 aromatic carbocycles. The van der Waals surface area contributed by atoms with E-state index in [9.17, 15) is 0 Å². The second-order valence-electron chi connectivity index (χ2n) is 5.05. The first kappa shape index (κ1) is 13.3. The summed E-state index contributed by atoms with van der Waals surface area (Å²) in [5.74, 6) is 0.483. The van der Waals surface area contributed by atoms with E-state index in [0.717, 1.165) is 17.4 Å². The van der Waals surface area contributed by atoms with Gasteiger partial charge in [0.2, 0.25) is 0 Å². The summed E-state index contributed by atoms with van der Waals surface area (Å²) in [4.78, 5) is 6.32. The number of rotatable bonds is 3. The van der Waals surface area contributed by atoms with E-state index >= 15 is 0 Å². The van der Waals surface area contributed by atoms with Crippen LogP contribution in [0.1, 0.15) is 39.9 Å². The zero-order valence-electron chi connectivity index (χ0n) is 10.7. The first-order valence-electron chi connectivity index (χ1n) is 6.69. The molecule has 1 aromatic heterocycles. The largest absolute Gasteiger partial charge is 0.330 e. The van der Waals surface area contributed by atoms with Crippen molar-refractivity contribution in [3.8, 4) is 0 Å². The highest BCUT2D eigenvalue weighted by Gasteiger charge is 2.23. The van der Waals surface area contributed by atoms with Crippen molar-refractivity contribution >= 4 is 27.3 Å². The number of nitrogens with zero attached hydrogens (tertiary/aromatic N) is 1. The third-order valence-corrected chi connectivity index (χ3v) is 5.27. The Morgan fingerprint density at radius 1 is 1.42 bits per heavy atom. The van der Waals surface area contributed by atoms with E-state index in [-0.39, 0.29) is 0 Å². The summed E-state index contributed by atoms with van der Waals surface area (Å²) in [7, 11) is 0. The Labute approximate surface area is 126 Å². The van der Waals surface area contributed by atoms with Gasteiger partial charge in [0.15, 0.2) is 0 Å².